The Labute approximate surface area is 70.2 Å². The zero-order valence-electron chi connectivity index (χ0n) is 7.02. The molecule has 0 bridgehead atoms. The Morgan fingerprint density at radius 2 is 2.33 bits per heavy atom. The lowest BCUT2D eigenvalue weighted by Gasteiger charge is -2.17. The van der Waals surface area contributed by atoms with Gasteiger partial charge in [0.2, 0.25) is 6.33 Å². The van der Waals surface area contributed by atoms with E-state index in [1.807, 2.05) is 13.8 Å². The molecule has 1 rings (SSSR count). The van der Waals surface area contributed by atoms with Gasteiger partial charge in [-0.1, -0.05) is 0 Å². The molecule has 5 nitrogen and oxygen atoms in total. The molecule has 0 saturated carbocycles. The predicted octanol–water partition coefficient (Wildman–Crippen LogP) is 1.36. The SMILES string of the molecule is [CH2]C(C)(C)n1cnc([N+](=O)[O-])c1. The number of aromatic nitrogens is 2. The summed E-state index contributed by atoms with van der Waals surface area (Å²) in [5, 5.41) is 10.3. The molecule has 0 aliphatic carbocycles. The smallest absolute Gasteiger partial charge is 0.358 e. The summed E-state index contributed by atoms with van der Waals surface area (Å²) in [5.74, 6) is -0.147. The molecule has 0 atom stereocenters. The lowest BCUT2D eigenvalue weighted by molar-refractivity contribution is -0.389. The molecule has 0 spiro atoms. The highest BCUT2D eigenvalue weighted by Crippen LogP contribution is 2.16. The molecule has 0 amide bonds. The molecule has 65 valence electrons. The molecule has 1 heterocycles. The van der Waals surface area contributed by atoms with Crippen LogP contribution in [0.1, 0.15) is 13.8 Å². The van der Waals surface area contributed by atoms with Gasteiger partial charge in [0.05, 0.1) is 0 Å². The van der Waals surface area contributed by atoms with Crippen molar-refractivity contribution in [1.29, 1.82) is 0 Å². The van der Waals surface area contributed by atoms with Crippen LogP contribution in [0.15, 0.2) is 12.5 Å². The van der Waals surface area contributed by atoms with Crippen LogP contribution in [0, 0.1) is 17.0 Å². The van der Waals surface area contributed by atoms with E-state index >= 15 is 0 Å². The van der Waals surface area contributed by atoms with Crippen LogP contribution in [-0.2, 0) is 5.54 Å². The van der Waals surface area contributed by atoms with Crippen LogP contribution < -0.4 is 0 Å². The Balaban J connectivity index is 3.00. The number of nitro groups is 1. The third-order valence-electron chi connectivity index (χ3n) is 1.45. The summed E-state index contributed by atoms with van der Waals surface area (Å²) >= 11 is 0. The van der Waals surface area contributed by atoms with E-state index in [2.05, 4.69) is 11.9 Å². The first kappa shape index (κ1) is 8.70. The molecule has 12 heavy (non-hydrogen) atoms. The van der Waals surface area contributed by atoms with E-state index in [1.165, 1.54) is 12.5 Å². The number of imidazole rings is 1. The molecule has 0 aliphatic rings. The largest absolute Gasteiger partial charge is 0.381 e. The Morgan fingerprint density at radius 3 is 2.58 bits per heavy atom. The highest BCUT2D eigenvalue weighted by atomic mass is 16.6. The van der Waals surface area contributed by atoms with E-state index in [1.54, 1.807) is 4.57 Å². The molecular weight excluding hydrogens is 158 g/mol. The zero-order valence-corrected chi connectivity index (χ0v) is 7.02. The lowest BCUT2D eigenvalue weighted by Crippen LogP contribution is -2.20. The van der Waals surface area contributed by atoms with Crippen molar-refractivity contribution in [2.24, 2.45) is 0 Å². The third kappa shape index (κ3) is 1.61. The molecular formula is C7H10N3O2. The summed E-state index contributed by atoms with van der Waals surface area (Å²) in [5.41, 5.74) is -0.402. The maximum absolute atomic E-state index is 10.3. The van der Waals surface area contributed by atoms with Crippen LogP contribution in [0.5, 0.6) is 0 Å². The summed E-state index contributed by atoms with van der Waals surface area (Å²) in [6, 6.07) is 0. The van der Waals surface area contributed by atoms with Gasteiger partial charge in [-0.15, -0.1) is 0 Å². The summed E-state index contributed by atoms with van der Waals surface area (Å²) in [6.07, 6.45) is 2.78. The van der Waals surface area contributed by atoms with Gasteiger partial charge in [-0.2, -0.15) is 0 Å². The number of nitrogens with zero attached hydrogens (tertiary/aromatic N) is 3. The monoisotopic (exact) mass is 168 g/mol. The van der Waals surface area contributed by atoms with Crippen LogP contribution in [0.2, 0.25) is 0 Å². The molecule has 1 aromatic rings. The number of rotatable bonds is 2. The average Bonchev–Trinajstić information content (AvgIpc) is 2.30. The third-order valence-corrected chi connectivity index (χ3v) is 1.45. The molecule has 0 fully saturated rings. The number of hydrogen-bond donors (Lipinski definition) is 0. The molecule has 1 radical (unpaired) electrons. The minimum atomic E-state index is -0.526. The van der Waals surface area contributed by atoms with Crippen LogP contribution in [0.25, 0.3) is 0 Å². The fraction of sp³-hybridized carbons (Fsp3) is 0.429. The van der Waals surface area contributed by atoms with Gasteiger partial charge in [0.15, 0.2) is 0 Å². The predicted molar refractivity (Wildman–Crippen MR) is 43.6 cm³/mol. The van der Waals surface area contributed by atoms with Crippen molar-refractivity contribution in [3.8, 4) is 0 Å². The van der Waals surface area contributed by atoms with E-state index in [0.29, 0.717) is 0 Å². The van der Waals surface area contributed by atoms with Crippen LogP contribution in [0.4, 0.5) is 5.82 Å². The van der Waals surface area contributed by atoms with E-state index in [0.717, 1.165) is 0 Å². The van der Waals surface area contributed by atoms with E-state index in [4.69, 9.17) is 0 Å². The lowest BCUT2D eigenvalue weighted by atomic mass is 10.1. The van der Waals surface area contributed by atoms with Gasteiger partial charge in [-0.3, -0.25) is 0 Å². The highest BCUT2D eigenvalue weighted by molar-refractivity contribution is 5.14. The first-order valence-corrected chi connectivity index (χ1v) is 3.45. The van der Waals surface area contributed by atoms with E-state index in [9.17, 15) is 10.1 Å². The summed E-state index contributed by atoms with van der Waals surface area (Å²) in [4.78, 5) is 13.3. The first-order chi connectivity index (χ1) is 5.41. The van der Waals surface area contributed by atoms with Gasteiger partial charge >= 0.3 is 5.82 Å². The van der Waals surface area contributed by atoms with Gasteiger partial charge in [0.25, 0.3) is 0 Å². The zero-order chi connectivity index (χ0) is 9.35. The minimum absolute atomic E-state index is 0.147. The Bertz CT molecular complexity index is 298. The summed E-state index contributed by atoms with van der Waals surface area (Å²) in [6.45, 7) is 7.50. The van der Waals surface area contributed by atoms with E-state index < -0.39 is 10.5 Å². The van der Waals surface area contributed by atoms with Crippen molar-refractivity contribution in [3.63, 3.8) is 0 Å². The van der Waals surface area contributed by atoms with Crippen molar-refractivity contribution < 1.29 is 4.92 Å². The van der Waals surface area contributed by atoms with Crippen LogP contribution >= 0.6 is 0 Å². The van der Waals surface area contributed by atoms with Gasteiger partial charge < -0.3 is 14.7 Å². The topological polar surface area (TPSA) is 61.0 Å². The quantitative estimate of drug-likeness (QED) is 0.494. The maximum Gasteiger partial charge on any atom is 0.381 e. The number of hydrogen-bond acceptors (Lipinski definition) is 3. The van der Waals surface area contributed by atoms with Gasteiger partial charge in [0.1, 0.15) is 6.20 Å². The minimum Gasteiger partial charge on any atom is -0.358 e. The maximum atomic E-state index is 10.3. The second-order valence-corrected chi connectivity index (χ2v) is 3.21. The second-order valence-electron chi connectivity index (χ2n) is 3.21. The molecule has 1 aromatic heterocycles. The average molecular weight is 168 g/mol. The van der Waals surface area contributed by atoms with Crippen molar-refractivity contribution in [2.45, 2.75) is 19.4 Å². The molecule has 0 aliphatic heterocycles. The van der Waals surface area contributed by atoms with Crippen molar-refractivity contribution in [1.82, 2.24) is 9.55 Å². The Kier molecular flexibility index (Phi) is 1.87. The fourth-order valence-corrected chi connectivity index (χ4v) is 0.738. The van der Waals surface area contributed by atoms with Crippen LogP contribution in [-0.4, -0.2) is 14.5 Å². The summed E-state index contributed by atoms with van der Waals surface area (Å²) < 4.78 is 1.60. The van der Waals surface area contributed by atoms with Crippen LogP contribution in [0.3, 0.4) is 0 Å². The highest BCUT2D eigenvalue weighted by Gasteiger charge is 2.18. The van der Waals surface area contributed by atoms with Gasteiger partial charge in [-0.25, -0.2) is 0 Å². The fourth-order valence-electron chi connectivity index (χ4n) is 0.738. The van der Waals surface area contributed by atoms with Crippen molar-refractivity contribution >= 4 is 5.82 Å². The first-order valence-electron chi connectivity index (χ1n) is 3.45. The van der Waals surface area contributed by atoms with Gasteiger partial charge in [-0.05, 0) is 30.7 Å². The molecule has 0 aromatic carbocycles. The standard InChI is InChI=1S/C7H10N3O2/c1-7(2,3)9-4-6(8-5-9)10(11)12/h4-5H,1H2,2-3H3. The normalized spacial score (nSPS) is 11.6. The van der Waals surface area contributed by atoms with Crippen molar-refractivity contribution in [3.05, 3.63) is 29.6 Å². The molecule has 0 N–H and O–H groups in total. The Morgan fingerprint density at radius 1 is 1.75 bits per heavy atom. The molecule has 5 heteroatoms. The van der Waals surface area contributed by atoms with E-state index in [-0.39, 0.29) is 5.82 Å². The van der Waals surface area contributed by atoms with Crippen molar-refractivity contribution in [2.75, 3.05) is 0 Å². The second kappa shape index (κ2) is 2.58. The Hall–Kier alpha value is -1.39. The molecule has 0 saturated heterocycles. The molecule has 0 unspecified atom stereocenters. The summed E-state index contributed by atoms with van der Waals surface area (Å²) in [7, 11) is 0. The van der Waals surface area contributed by atoms with Gasteiger partial charge in [0, 0.05) is 5.54 Å².